The average molecular weight is 338 g/mol. The van der Waals surface area contributed by atoms with E-state index < -0.39 is 0 Å². The van der Waals surface area contributed by atoms with Gasteiger partial charge in [-0.2, -0.15) is 0 Å². The predicted octanol–water partition coefficient (Wildman–Crippen LogP) is 4.56. The standard InChI is InChI=1S/C21H24NO3/c1-23-19-13-12-15(20(24-2)21(19)25-3)8-4-5-9-16-14-22-18-11-7-6-10-17(16)18/h6-7,10-11,13-14,22H,4-5,8-9H2,1-3H3. The molecule has 25 heavy (non-hydrogen) atoms. The second-order valence-corrected chi connectivity index (χ2v) is 5.97. The molecule has 0 aliphatic rings. The van der Waals surface area contributed by atoms with Crippen molar-refractivity contribution in [3.8, 4) is 17.2 Å². The maximum absolute atomic E-state index is 5.53. The van der Waals surface area contributed by atoms with Gasteiger partial charge in [0, 0.05) is 22.7 Å². The smallest absolute Gasteiger partial charge is 0.203 e. The van der Waals surface area contributed by atoms with E-state index in [1.54, 1.807) is 21.3 Å². The van der Waals surface area contributed by atoms with E-state index in [1.165, 1.54) is 16.5 Å². The number of benzene rings is 2. The summed E-state index contributed by atoms with van der Waals surface area (Å²) >= 11 is 0. The van der Waals surface area contributed by atoms with E-state index >= 15 is 0 Å². The number of nitrogens with one attached hydrogen (secondary N) is 1. The lowest BCUT2D eigenvalue weighted by atomic mass is 10.0. The first kappa shape index (κ1) is 17.2. The number of methoxy groups -OCH3 is 3. The van der Waals surface area contributed by atoms with E-state index in [2.05, 4.69) is 41.5 Å². The Bertz CT molecular complexity index is 838. The molecule has 0 aliphatic carbocycles. The van der Waals surface area contributed by atoms with E-state index in [0.717, 1.165) is 31.2 Å². The highest BCUT2D eigenvalue weighted by Gasteiger charge is 2.15. The lowest BCUT2D eigenvalue weighted by Gasteiger charge is -2.15. The summed E-state index contributed by atoms with van der Waals surface area (Å²) in [4.78, 5) is 3.34. The summed E-state index contributed by atoms with van der Waals surface area (Å²) < 4.78 is 16.3. The Morgan fingerprint density at radius 1 is 0.920 bits per heavy atom. The first-order chi connectivity index (χ1) is 12.3. The fourth-order valence-corrected chi connectivity index (χ4v) is 3.23. The number of fused-ring (bicyclic) bond motifs is 1. The Kier molecular flexibility index (Phi) is 5.49. The molecule has 0 spiro atoms. The van der Waals surface area contributed by atoms with Crippen LogP contribution in [0.1, 0.15) is 24.0 Å². The summed E-state index contributed by atoms with van der Waals surface area (Å²) in [5, 5.41) is 1.32. The third-order valence-corrected chi connectivity index (χ3v) is 4.51. The van der Waals surface area contributed by atoms with Crippen LogP contribution in [0.4, 0.5) is 0 Å². The first-order valence-electron chi connectivity index (χ1n) is 8.53. The molecule has 2 aromatic carbocycles. The number of hydrogen-bond acceptors (Lipinski definition) is 3. The Hall–Kier alpha value is -2.62. The van der Waals surface area contributed by atoms with Crippen molar-refractivity contribution in [2.45, 2.75) is 25.7 Å². The minimum atomic E-state index is 0.635. The van der Waals surface area contributed by atoms with Crippen LogP contribution in [0.25, 0.3) is 10.9 Å². The van der Waals surface area contributed by atoms with Gasteiger partial charge >= 0.3 is 0 Å². The molecule has 1 radical (unpaired) electrons. The number of unbranched alkanes of at least 4 members (excludes halogenated alkanes) is 1. The van der Waals surface area contributed by atoms with Gasteiger partial charge in [0.2, 0.25) is 5.75 Å². The van der Waals surface area contributed by atoms with Crippen LogP contribution in [0.2, 0.25) is 0 Å². The first-order valence-corrected chi connectivity index (χ1v) is 8.53. The number of ether oxygens (including phenoxy) is 3. The molecule has 3 rings (SSSR count). The molecule has 4 heteroatoms. The van der Waals surface area contributed by atoms with Crippen molar-refractivity contribution in [2.24, 2.45) is 0 Å². The van der Waals surface area contributed by atoms with Gasteiger partial charge in [-0.3, -0.25) is 0 Å². The predicted molar refractivity (Wildman–Crippen MR) is 99.9 cm³/mol. The van der Waals surface area contributed by atoms with Crippen LogP contribution in [0.15, 0.2) is 36.5 Å². The normalized spacial score (nSPS) is 10.8. The molecule has 131 valence electrons. The second kappa shape index (κ2) is 7.97. The van der Waals surface area contributed by atoms with Crippen molar-refractivity contribution in [1.82, 2.24) is 4.98 Å². The third kappa shape index (κ3) is 3.58. The molecule has 1 N–H and O–H groups in total. The average Bonchev–Trinajstić information content (AvgIpc) is 3.07. The summed E-state index contributed by atoms with van der Waals surface area (Å²) in [6, 6.07) is 13.5. The molecule has 1 heterocycles. The van der Waals surface area contributed by atoms with Crippen molar-refractivity contribution in [3.05, 3.63) is 53.7 Å². The molecule has 1 aromatic heterocycles. The van der Waals surface area contributed by atoms with E-state index in [0.29, 0.717) is 17.2 Å². The zero-order valence-corrected chi connectivity index (χ0v) is 15.0. The monoisotopic (exact) mass is 338 g/mol. The maximum Gasteiger partial charge on any atom is 0.203 e. The maximum atomic E-state index is 5.53. The van der Waals surface area contributed by atoms with Crippen molar-refractivity contribution in [2.75, 3.05) is 21.3 Å². The molecule has 0 aliphatic heterocycles. The number of aryl methyl sites for hydroxylation is 2. The molecular weight excluding hydrogens is 314 g/mol. The zero-order chi connectivity index (χ0) is 17.6. The topological polar surface area (TPSA) is 43.5 Å². The number of hydrogen-bond donors (Lipinski definition) is 1. The largest absolute Gasteiger partial charge is 0.493 e. The van der Waals surface area contributed by atoms with Gasteiger partial charge in [0.25, 0.3) is 0 Å². The van der Waals surface area contributed by atoms with E-state index in [1.807, 2.05) is 6.07 Å². The van der Waals surface area contributed by atoms with Crippen LogP contribution in [0.3, 0.4) is 0 Å². The van der Waals surface area contributed by atoms with Crippen molar-refractivity contribution in [3.63, 3.8) is 0 Å². The SMILES string of the molecule is COc1c[c]c(CCCCc2c[nH]c3ccccc23)c(OC)c1OC. The highest BCUT2D eigenvalue weighted by Crippen LogP contribution is 2.40. The van der Waals surface area contributed by atoms with Gasteiger partial charge in [0.15, 0.2) is 11.5 Å². The molecule has 0 saturated carbocycles. The summed E-state index contributed by atoms with van der Waals surface area (Å²) in [6.07, 6.45) is 6.23. The number of para-hydroxylation sites is 1. The minimum absolute atomic E-state index is 0.635. The highest BCUT2D eigenvalue weighted by atomic mass is 16.5. The molecule has 0 amide bonds. The second-order valence-electron chi connectivity index (χ2n) is 5.97. The summed E-state index contributed by atoms with van der Waals surface area (Å²) in [5.74, 6) is 1.99. The molecule has 4 nitrogen and oxygen atoms in total. The fraction of sp³-hybridized carbons (Fsp3) is 0.333. The number of H-pyrrole nitrogens is 1. The van der Waals surface area contributed by atoms with Crippen LogP contribution in [-0.4, -0.2) is 26.3 Å². The summed E-state index contributed by atoms with van der Waals surface area (Å²) in [7, 11) is 4.90. The Morgan fingerprint density at radius 3 is 2.44 bits per heavy atom. The zero-order valence-electron chi connectivity index (χ0n) is 15.0. The van der Waals surface area contributed by atoms with Gasteiger partial charge in [-0.05, 0) is 49.4 Å². The third-order valence-electron chi connectivity index (χ3n) is 4.51. The van der Waals surface area contributed by atoms with Crippen LogP contribution >= 0.6 is 0 Å². The molecule has 3 aromatic rings. The highest BCUT2D eigenvalue weighted by molar-refractivity contribution is 5.82. The quantitative estimate of drug-likeness (QED) is 0.612. The Morgan fingerprint density at radius 2 is 1.68 bits per heavy atom. The lowest BCUT2D eigenvalue weighted by molar-refractivity contribution is 0.322. The van der Waals surface area contributed by atoms with Gasteiger partial charge in [-0.1, -0.05) is 18.2 Å². The van der Waals surface area contributed by atoms with Crippen molar-refractivity contribution >= 4 is 10.9 Å². The molecule has 0 atom stereocenters. The van der Waals surface area contributed by atoms with E-state index in [-0.39, 0.29) is 0 Å². The number of aromatic amines is 1. The molecular formula is C21H24NO3. The number of rotatable bonds is 8. The van der Waals surface area contributed by atoms with Crippen LogP contribution < -0.4 is 14.2 Å². The molecule has 0 fully saturated rings. The number of aromatic nitrogens is 1. The van der Waals surface area contributed by atoms with Gasteiger partial charge < -0.3 is 19.2 Å². The van der Waals surface area contributed by atoms with E-state index in [9.17, 15) is 0 Å². The Balaban J connectivity index is 1.64. The van der Waals surface area contributed by atoms with Crippen LogP contribution in [0.5, 0.6) is 17.2 Å². The summed E-state index contributed by atoms with van der Waals surface area (Å²) in [5.41, 5.74) is 3.60. The molecule has 0 saturated heterocycles. The Labute approximate surface area is 148 Å². The lowest BCUT2D eigenvalue weighted by Crippen LogP contribution is -1.99. The molecule has 0 bridgehead atoms. The van der Waals surface area contributed by atoms with Crippen LogP contribution in [0, 0.1) is 6.07 Å². The fourth-order valence-electron chi connectivity index (χ4n) is 3.23. The van der Waals surface area contributed by atoms with Gasteiger partial charge in [-0.25, -0.2) is 0 Å². The van der Waals surface area contributed by atoms with Gasteiger partial charge in [0.1, 0.15) is 0 Å². The summed E-state index contributed by atoms with van der Waals surface area (Å²) in [6.45, 7) is 0. The molecule has 0 unspecified atom stereocenters. The van der Waals surface area contributed by atoms with Gasteiger partial charge in [0.05, 0.1) is 21.3 Å². The van der Waals surface area contributed by atoms with E-state index in [4.69, 9.17) is 14.2 Å². The van der Waals surface area contributed by atoms with Gasteiger partial charge in [-0.15, -0.1) is 0 Å². The van der Waals surface area contributed by atoms with Crippen molar-refractivity contribution in [1.29, 1.82) is 0 Å². The van der Waals surface area contributed by atoms with Crippen molar-refractivity contribution < 1.29 is 14.2 Å². The minimum Gasteiger partial charge on any atom is -0.493 e. The van der Waals surface area contributed by atoms with Crippen LogP contribution in [-0.2, 0) is 12.8 Å².